The van der Waals surface area contributed by atoms with Gasteiger partial charge in [0.1, 0.15) is 0 Å². The number of nitrogens with one attached hydrogen (secondary N) is 1. The zero-order valence-electron chi connectivity index (χ0n) is 11.5. The topological polar surface area (TPSA) is 32.3 Å². The van der Waals surface area contributed by atoms with Gasteiger partial charge in [-0.15, -0.1) is 0 Å². The number of carbonyl (C=O) groups is 1. The molecule has 0 bridgehead atoms. The van der Waals surface area contributed by atoms with Gasteiger partial charge < -0.3 is 10.2 Å². The lowest BCUT2D eigenvalue weighted by molar-refractivity contribution is 0.0698. The van der Waals surface area contributed by atoms with Crippen molar-refractivity contribution >= 4 is 5.91 Å². The minimum Gasteiger partial charge on any atom is -0.337 e. The van der Waals surface area contributed by atoms with Crippen molar-refractivity contribution in [2.75, 3.05) is 20.1 Å². The average Bonchev–Trinajstić information content (AvgIpc) is 2.41. The molecule has 1 aliphatic rings. The van der Waals surface area contributed by atoms with Gasteiger partial charge in [-0.25, -0.2) is 0 Å². The Morgan fingerprint density at radius 2 is 2.11 bits per heavy atom. The molecule has 0 aromatic heterocycles. The molecule has 98 valence electrons. The van der Waals surface area contributed by atoms with Gasteiger partial charge in [-0.1, -0.05) is 6.07 Å². The van der Waals surface area contributed by atoms with Crippen LogP contribution in [0.5, 0.6) is 0 Å². The first kappa shape index (κ1) is 13.1. The summed E-state index contributed by atoms with van der Waals surface area (Å²) in [4.78, 5) is 14.4. The lowest BCUT2D eigenvalue weighted by Crippen LogP contribution is -2.46. The second-order valence-corrected chi connectivity index (χ2v) is 5.18. The first-order valence-corrected chi connectivity index (χ1v) is 6.65. The third-order valence-corrected chi connectivity index (χ3v) is 3.87. The molecule has 1 aromatic carbocycles. The minimum atomic E-state index is 0.165. The Morgan fingerprint density at radius 1 is 1.33 bits per heavy atom. The molecule has 1 atom stereocenters. The first-order chi connectivity index (χ1) is 8.61. The molecule has 1 aromatic rings. The molecule has 3 nitrogen and oxygen atoms in total. The zero-order chi connectivity index (χ0) is 13.1. The van der Waals surface area contributed by atoms with Crippen molar-refractivity contribution in [1.29, 1.82) is 0 Å². The molecule has 1 fully saturated rings. The predicted octanol–water partition coefficient (Wildman–Crippen LogP) is 2.13. The van der Waals surface area contributed by atoms with Crippen LogP contribution in [0.3, 0.4) is 0 Å². The summed E-state index contributed by atoms with van der Waals surface area (Å²) in [5.41, 5.74) is 3.23. The van der Waals surface area contributed by atoms with Crippen LogP contribution < -0.4 is 5.32 Å². The van der Waals surface area contributed by atoms with Crippen molar-refractivity contribution < 1.29 is 4.79 Å². The number of amides is 1. The van der Waals surface area contributed by atoms with E-state index in [0.29, 0.717) is 6.04 Å². The Kier molecular flexibility index (Phi) is 4.02. The number of hydrogen-bond acceptors (Lipinski definition) is 2. The van der Waals surface area contributed by atoms with E-state index in [4.69, 9.17) is 0 Å². The van der Waals surface area contributed by atoms with Crippen LogP contribution in [-0.2, 0) is 0 Å². The summed E-state index contributed by atoms with van der Waals surface area (Å²) >= 11 is 0. The van der Waals surface area contributed by atoms with Gasteiger partial charge in [0.15, 0.2) is 0 Å². The second-order valence-electron chi connectivity index (χ2n) is 5.18. The standard InChI is InChI=1S/C15H22N2O/c1-11-6-7-13(9-12(11)2)15(18)17-8-4-5-14(10-17)16-3/h6-7,9,14,16H,4-5,8,10H2,1-3H3/t14-/m1/s1. The summed E-state index contributed by atoms with van der Waals surface area (Å²) in [5.74, 6) is 0.165. The molecule has 1 saturated heterocycles. The van der Waals surface area contributed by atoms with Gasteiger partial charge in [0.05, 0.1) is 0 Å². The summed E-state index contributed by atoms with van der Waals surface area (Å²) in [7, 11) is 1.97. The highest BCUT2D eigenvalue weighted by Crippen LogP contribution is 2.16. The van der Waals surface area contributed by atoms with E-state index in [2.05, 4.69) is 19.2 Å². The Balaban J connectivity index is 2.12. The van der Waals surface area contributed by atoms with E-state index in [1.54, 1.807) is 0 Å². The quantitative estimate of drug-likeness (QED) is 0.867. The maximum atomic E-state index is 12.4. The maximum absolute atomic E-state index is 12.4. The van der Waals surface area contributed by atoms with Crippen LogP contribution in [0.25, 0.3) is 0 Å². The number of rotatable bonds is 2. The lowest BCUT2D eigenvalue weighted by atomic mass is 10.0. The Bertz CT molecular complexity index is 442. The van der Waals surface area contributed by atoms with E-state index in [0.717, 1.165) is 31.5 Å². The van der Waals surface area contributed by atoms with Gasteiger partial charge in [0.25, 0.3) is 5.91 Å². The third-order valence-electron chi connectivity index (χ3n) is 3.87. The number of benzene rings is 1. The molecule has 0 unspecified atom stereocenters. The molecule has 1 N–H and O–H groups in total. The molecule has 1 heterocycles. The van der Waals surface area contributed by atoms with Crippen molar-refractivity contribution in [2.45, 2.75) is 32.7 Å². The largest absolute Gasteiger partial charge is 0.337 e. The number of likely N-dealkylation sites (N-methyl/N-ethyl adjacent to an activating group) is 1. The lowest BCUT2D eigenvalue weighted by Gasteiger charge is -2.32. The van der Waals surface area contributed by atoms with Crippen molar-refractivity contribution in [3.8, 4) is 0 Å². The number of piperidine rings is 1. The van der Waals surface area contributed by atoms with Crippen LogP contribution in [0, 0.1) is 13.8 Å². The molecule has 2 rings (SSSR count). The van der Waals surface area contributed by atoms with Crippen molar-refractivity contribution in [3.63, 3.8) is 0 Å². The van der Waals surface area contributed by atoms with Crippen LogP contribution in [-0.4, -0.2) is 37.0 Å². The minimum absolute atomic E-state index is 0.165. The van der Waals surface area contributed by atoms with E-state index in [9.17, 15) is 4.79 Å². The van der Waals surface area contributed by atoms with Gasteiger partial charge in [0, 0.05) is 24.7 Å². The highest BCUT2D eigenvalue weighted by molar-refractivity contribution is 5.94. The van der Waals surface area contributed by atoms with Crippen LogP contribution in [0.4, 0.5) is 0 Å². The molecular weight excluding hydrogens is 224 g/mol. The normalized spacial score (nSPS) is 19.9. The van der Waals surface area contributed by atoms with Gasteiger partial charge in [-0.3, -0.25) is 4.79 Å². The average molecular weight is 246 g/mol. The number of hydrogen-bond donors (Lipinski definition) is 1. The SMILES string of the molecule is CN[C@@H]1CCCN(C(=O)c2ccc(C)c(C)c2)C1. The third kappa shape index (κ3) is 2.72. The predicted molar refractivity (Wildman–Crippen MR) is 73.9 cm³/mol. The van der Waals surface area contributed by atoms with E-state index in [1.165, 1.54) is 11.1 Å². The second kappa shape index (κ2) is 5.53. The van der Waals surface area contributed by atoms with Crippen LogP contribution in [0.15, 0.2) is 18.2 Å². The fraction of sp³-hybridized carbons (Fsp3) is 0.533. The van der Waals surface area contributed by atoms with Crippen LogP contribution in [0.1, 0.15) is 34.3 Å². The van der Waals surface area contributed by atoms with Crippen molar-refractivity contribution in [1.82, 2.24) is 10.2 Å². The smallest absolute Gasteiger partial charge is 0.253 e. The van der Waals surface area contributed by atoms with Gasteiger partial charge >= 0.3 is 0 Å². The number of nitrogens with zero attached hydrogens (tertiary/aromatic N) is 1. The fourth-order valence-corrected chi connectivity index (χ4v) is 2.45. The van der Waals surface area contributed by atoms with Gasteiger partial charge in [-0.2, -0.15) is 0 Å². The van der Waals surface area contributed by atoms with Gasteiger partial charge in [-0.05, 0) is 57.0 Å². The highest BCUT2D eigenvalue weighted by Gasteiger charge is 2.23. The molecule has 0 radical (unpaired) electrons. The Morgan fingerprint density at radius 3 is 2.78 bits per heavy atom. The molecule has 0 aliphatic carbocycles. The first-order valence-electron chi connectivity index (χ1n) is 6.65. The van der Waals surface area contributed by atoms with E-state index < -0.39 is 0 Å². The molecule has 1 amide bonds. The zero-order valence-corrected chi connectivity index (χ0v) is 11.5. The molecule has 1 aliphatic heterocycles. The molecular formula is C15H22N2O. The fourth-order valence-electron chi connectivity index (χ4n) is 2.45. The summed E-state index contributed by atoms with van der Waals surface area (Å²) < 4.78 is 0. The Hall–Kier alpha value is -1.35. The number of carbonyl (C=O) groups excluding carboxylic acids is 1. The van der Waals surface area contributed by atoms with Crippen molar-refractivity contribution in [2.24, 2.45) is 0 Å². The molecule has 3 heteroatoms. The van der Waals surface area contributed by atoms with E-state index >= 15 is 0 Å². The summed E-state index contributed by atoms with van der Waals surface area (Å²) in [6.45, 7) is 5.83. The van der Waals surface area contributed by atoms with Crippen LogP contribution >= 0.6 is 0 Å². The van der Waals surface area contributed by atoms with Crippen LogP contribution in [0.2, 0.25) is 0 Å². The summed E-state index contributed by atoms with van der Waals surface area (Å²) in [5, 5.41) is 3.27. The summed E-state index contributed by atoms with van der Waals surface area (Å²) in [6.07, 6.45) is 2.25. The Labute approximate surface area is 109 Å². The molecule has 0 saturated carbocycles. The highest BCUT2D eigenvalue weighted by atomic mass is 16.2. The monoisotopic (exact) mass is 246 g/mol. The number of aryl methyl sites for hydroxylation is 2. The van der Waals surface area contributed by atoms with E-state index in [-0.39, 0.29) is 5.91 Å². The molecule has 0 spiro atoms. The number of likely N-dealkylation sites (tertiary alicyclic amines) is 1. The maximum Gasteiger partial charge on any atom is 0.253 e. The van der Waals surface area contributed by atoms with Gasteiger partial charge in [0.2, 0.25) is 0 Å². The van der Waals surface area contributed by atoms with E-state index in [1.807, 2.05) is 30.1 Å². The molecule has 18 heavy (non-hydrogen) atoms. The summed E-state index contributed by atoms with van der Waals surface area (Å²) in [6, 6.07) is 6.41. The van der Waals surface area contributed by atoms with Crippen molar-refractivity contribution in [3.05, 3.63) is 34.9 Å².